The van der Waals surface area contributed by atoms with E-state index in [1.165, 1.54) is 0 Å². The van der Waals surface area contributed by atoms with Crippen LogP contribution in [-0.2, 0) is 9.53 Å². The maximum absolute atomic E-state index is 10.8. The molecule has 0 aliphatic rings. The molecule has 78 valence electrons. The van der Waals surface area contributed by atoms with Gasteiger partial charge in [-0.2, -0.15) is 0 Å². The Bertz CT molecular complexity index is 155. The number of rotatable bonds is 6. The number of nitrogens with zero attached hydrogens (tertiary/aromatic N) is 1. The van der Waals surface area contributed by atoms with E-state index >= 15 is 0 Å². The van der Waals surface area contributed by atoms with Gasteiger partial charge in [-0.1, -0.05) is 6.92 Å². The zero-order valence-corrected chi connectivity index (χ0v) is 9.30. The van der Waals surface area contributed by atoms with Crippen LogP contribution < -0.4 is 0 Å². The number of esters is 1. The van der Waals surface area contributed by atoms with Crippen molar-refractivity contribution < 1.29 is 14.0 Å². The molecule has 0 spiro atoms. The Morgan fingerprint density at radius 2 is 1.92 bits per heavy atom. The summed E-state index contributed by atoms with van der Waals surface area (Å²) in [5.74, 6) is -0.0956. The summed E-state index contributed by atoms with van der Waals surface area (Å²) in [6.45, 7) is 6.72. The smallest absolute Gasteiger partial charge is 0.305 e. The van der Waals surface area contributed by atoms with Gasteiger partial charge in [0.05, 0.1) is 33.8 Å². The van der Waals surface area contributed by atoms with Gasteiger partial charge in [0.15, 0.2) is 0 Å². The van der Waals surface area contributed by atoms with Crippen molar-refractivity contribution in [2.75, 3.05) is 33.8 Å². The van der Waals surface area contributed by atoms with E-state index < -0.39 is 0 Å². The Labute approximate surface area is 81.3 Å². The average Bonchev–Trinajstić information content (AvgIpc) is 2.12. The number of hydrogen-bond donors (Lipinski definition) is 0. The Morgan fingerprint density at radius 1 is 1.31 bits per heavy atom. The van der Waals surface area contributed by atoms with Crippen LogP contribution in [-0.4, -0.2) is 44.2 Å². The highest BCUT2D eigenvalue weighted by atomic mass is 16.5. The van der Waals surface area contributed by atoms with Gasteiger partial charge in [0, 0.05) is 12.8 Å². The molecule has 3 heteroatoms. The molecular weight excluding hydrogens is 166 g/mol. The van der Waals surface area contributed by atoms with Gasteiger partial charge in [0.25, 0.3) is 0 Å². The molecule has 0 aromatic heterocycles. The summed E-state index contributed by atoms with van der Waals surface area (Å²) in [6.07, 6.45) is 1.43. The lowest BCUT2D eigenvalue weighted by atomic mass is 10.3. The third kappa shape index (κ3) is 6.58. The number of carbonyl (C=O) groups is 1. The molecule has 0 amide bonds. The van der Waals surface area contributed by atoms with Crippen molar-refractivity contribution in [2.24, 2.45) is 0 Å². The van der Waals surface area contributed by atoms with Crippen molar-refractivity contribution in [3.63, 3.8) is 0 Å². The van der Waals surface area contributed by atoms with E-state index in [4.69, 9.17) is 4.74 Å². The molecule has 0 rings (SSSR count). The lowest BCUT2D eigenvalue weighted by Crippen LogP contribution is -2.40. The fraction of sp³-hybridized carbons (Fsp3) is 0.900. The van der Waals surface area contributed by atoms with Crippen LogP contribution in [0.1, 0.15) is 26.7 Å². The number of carbonyl (C=O) groups excluding carboxylic acids is 1. The fourth-order valence-corrected chi connectivity index (χ4v) is 0.939. The maximum atomic E-state index is 10.8. The van der Waals surface area contributed by atoms with Crippen LogP contribution in [0.2, 0.25) is 0 Å². The highest BCUT2D eigenvalue weighted by molar-refractivity contribution is 5.68. The van der Waals surface area contributed by atoms with Gasteiger partial charge < -0.3 is 9.22 Å². The van der Waals surface area contributed by atoms with E-state index in [-0.39, 0.29) is 5.97 Å². The molecule has 0 fully saturated rings. The maximum Gasteiger partial charge on any atom is 0.305 e. The first-order valence-electron chi connectivity index (χ1n) is 4.99. The molecular formula is C10H22NO2+. The van der Waals surface area contributed by atoms with Crippen LogP contribution in [0.4, 0.5) is 0 Å². The van der Waals surface area contributed by atoms with Crippen LogP contribution in [0.15, 0.2) is 0 Å². The number of quaternary nitrogens is 1. The van der Waals surface area contributed by atoms with Gasteiger partial charge in [-0.05, 0) is 6.92 Å². The topological polar surface area (TPSA) is 26.3 Å². The highest BCUT2D eigenvalue weighted by Gasteiger charge is 2.10. The minimum atomic E-state index is -0.0956. The third-order valence-corrected chi connectivity index (χ3v) is 2.32. The van der Waals surface area contributed by atoms with Crippen molar-refractivity contribution in [1.29, 1.82) is 0 Å². The first-order valence-corrected chi connectivity index (χ1v) is 4.99. The largest absolute Gasteiger partial charge is 0.465 e. The second-order valence-electron chi connectivity index (χ2n) is 3.90. The molecule has 0 unspecified atom stereocenters. The summed E-state index contributed by atoms with van der Waals surface area (Å²) < 4.78 is 5.97. The van der Waals surface area contributed by atoms with Crippen LogP contribution in [0.25, 0.3) is 0 Å². The van der Waals surface area contributed by atoms with Crippen molar-refractivity contribution in [3.8, 4) is 0 Å². The van der Waals surface area contributed by atoms with Gasteiger partial charge >= 0.3 is 5.97 Å². The Morgan fingerprint density at radius 3 is 2.38 bits per heavy atom. The van der Waals surface area contributed by atoms with Crippen molar-refractivity contribution >= 4 is 5.97 Å². The van der Waals surface area contributed by atoms with E-state index in [1.54, 1.807) is 0 Å². The van der Waals surface area contributed by atoms with Gasteiger partial charge in [0.2, 0.25) is 0 Å². The monoisotopic (exact) mass is 188 g/mol. The first-order chi connectivity index (χ1) is 6.02. The summed E-state index contributed by atoms with van der Waals surface area (Å²) in [4.78, 5) is 10.8. The van der Waals surface area contributed by atoms with Crippen molar-refractivity contribution in [3.05, 3.63) is 0 Å². The zero-order valence-electron chi connectivity index (χ0n) is 9.30. The van der Waals surface area contributed by atoms with Crippen molar-refractivity contribution in [1.82, 2.24) is 0 Å². The molecule has 0 aliphatic carbocycles. The normalized spacial score (nSPS) is 11.4. The lowest BCUT2D eigenvalue weighted by Gasteiger charge is -2.27. The van der Waals surface area contributed by atoms with Gasteiger partial charge in [0.1, 0.15) is 0 Å². The van der Waals surface area contributed by atoms with Gasteiger partial charge in [-0.3, -0.25) is 4.79 Å². The van der Waals surface area contributed by atoms with Crippen molar-refractivity contribution in [2.45, 2.75) is 26.7 Å². The number of hydrogen-bond acceptors (Lipinski definition) is 2. The number of ether oxygens (including phenoxy) is 1. The predicted molar refractivity (Wildman–Crippen MR) is 53.4 cm³/mol. The van der Waals surface area contributed by atoms with Gasteiger partial charge in [-0.15, -0.1) is 0 Å². The summed E-state index contributed by atoms with van der Waals surface area (Å²) in [7, 11) is 4.36. The molecule has 0 aromatic carbocycles. The summed E-state index contributed by atoms with van der Waals surface area (Å²) in [5, 5.41) is 0. The fourth-order valence-electron chi connectivity index (χ4n) is 0.939. The second kappa shape index (κ2) is 5.97. The van der Waals surface area contributed by atoms with Crippen LogP contribution in [0.5, 0.6) is 0 Å². The summed E-state index contributed by atoms with van der Waals surface area (Å²) in [6, 6.07) is 0. The molecule has 13 heavy (non-hydrogen) atoms. The van der Waals surface area contributed by atoms with Crippen LogP contribution >= 0.6 is 0 Å². The molecule has 0 radical (unpaired) electrons. The molecule has 0 saturated carbocycles. The lowest BCUT2D eigenvalue weighted by molar-refractivity contribution is -0.888. The standard InChI is InChI=1S/C10H22NO2/c1-5-10(12)13-9-7-8-11(3,4)6-2/h5-9H2,1-4H3/q+1. The highest BCUT2D eigenvalue weighted by Crippen LogP contribution is 1.98. The summed E-state index contributed by atoms with van der Waals surface area (Å²) >= 11 is 0. The van der Waals surface area contributed by atoms with Crippen LogP contribution in [0.3, 0.4) is 0 Å². The van der Waals surface area contributed by atoms with E-state index in [0.29, 0.717) is 13.0 Å². The average molecular weight is 188 g/mol. The van der Waals surface area contributed by atoms with Gasteiger partial charge in [-0.25, -0.2) is 0 Å². The van der Waals surface area contributed by atoms with E-state index in [9.17, 15) is 4.79 Å². The molecule has 3 nitrogen and oxygen atoms in total. The molecule has 0 heterocycles. The zero-order chi connectivity index (χ0) is 10.3. The Balaban J connectivity index is 3.41. The van der Waals surface area contributed by atoms with Crippen LogP contribution in [0, 0.1) is 0 Å². The first kappa shape index (κ1) is 12.4. The predicted octanol–water partition coefficient (Wildman–Crippen LogP) is 1.43. The molecule has 0 atom stereocenters. The molecule has 0 aliphatic heterocycles. The molecule has 0 N–H and O–H groups in total. The molecule has 0 bridgehead atoms. The second-order valence-corrected chi connectivity index (χ2v) is 3.90. The Hall–Kier alpha value is -0.570. The summed E-state index contributed by atoms with van der Waals surface area (Å²) in [5.41, 5.74) is 0. The Kier molecular flexibility index (Phi) is 5.71. The van der Waals surface area contributed by atoms with E-state index in [0.717, 1.165) is 24.0 Å². The SMILES string of the molecule is CCC(=O)OCCC[N+](C)(C)CC. The molecule has 0 saturated heterocycles. The molecule has 0 aromatic rings. The minimum Gasteiger partial charge on any atom is -0.465 e. The minimum absolute atomic E-state index is 0.0956. The third-order valence-electron chi connectivity index (χ3n) is 2.32. The van der Waals surface area contributed by atoms with E-state index in [1.807, 2.05) is 6.92 Å². The van der Waals surface area contributed by atoms with E-state index in [2.05, 4.69) is 21.0 Å². The quantitative estimate of drug-likeness (QED) is 0.358.